The fourth-order valence-electron chi connectivity index (χ4n) is 2.06. The highest BCUT2D eigenvalue weighted by Gasteiger charge is 2.15. The average Bonchev–Trinajstić information content (AvgIpc) is 2.39. The number of ether oxygens (including phenoxy) is 1. The van der Waals surface area contributed by atoms with Crippen molar-refractivity contribution in [3.05, 3.63) is 42.1 Å². The zero-order valence-corrected chi connectivity index (χ0v) is 9.02. The zero-order valence-electron chi connectivity index (χ0n) is 9.02. The molecule has 1 atom stereocenters. The molecular weight excluding hydrogens is 200 g/mol. The molecule has 0 spiro atoms. The summed E-state index contributed by atoms with van der Waals surface area (Å²) < 4.78 is 5.72. The average molecular weight is 214 g/mol. The van der Waals surface area contributed by atoms with Crippen LogP contribution in [-0.2, 0) is 4.74 Å². The number of nitrogens with zero attached hydrogens (tertiary/aromatic N) is 1. The molecule has 0 amide bonds. The van der Waals surface area contributed by atoms with Crippen LogP contribution in [0.2, 0.25) is 0 Å². The predicted octanol–water partition coefficient (Wildman–Crippen LogP) is 1.90. The summed E-state index contributed by atoms with van der Waals surface area (Å²) >= 11 is 0. The van der Waals surface area contributed by atoms with Crippen molar-refractivity contribution in [3.63, 3.8) is 0 Å². The van der Waals surface area contributed by atoms with Crippen molar-refractivity contribution >= 4 is 10.9 Å². The quantitative estimate of drug-likeness (QED) is 0.787. The van der Waals surface area contributed by atoms with E-state index in [4.69, 9.17) is 4.74 Å². The van der Waals surface area contributed by atoms with Crippen molar-refractivity contribution in [2.75, 3.05) is 19.7 Å². The molecule has 3 rings (SSSR count). The van der Waals surface area contributed by atoms with E-state index in [0.29, 0.717) is 0 Å². The minimum Gasteiger partial charge on any atom is -0.371 e. The molecule has 0 aliphatic carbocycles. The molecule has 1 aromatic heterocycles. The Kier molecular flexibility index (Phi) is 2.56. The maximum absolute atomic E-state index is 5.72. The van der Waals surface area contributed by atoms with E-state index in [9.17, 15) is 0 Å². The van der Waals surface area contributed by atoms with Crippen molar-refractivity contribution in [2.24, 2.45) is 0 Å². The fourth-order valence-corrected chi connectivity index (χ4v) is 2.06. The van der Waals surface area contributed by atoms with Gasteiger partial charge in [0.05, 0.1) is 18.2 Å². The molecule has 82 valence electrons. The first kappa shape index (κ1) is 9.75. The summed E-state index contributed by atoms with van der Waals surface area (Å²) in [5.74, 6) is 0. The lowest BCUT2D eigenvalue weighted by molar-refractivity contribution is 0.0278. The van der Waals surface area contributed by atoms with Gasteiger partial charge in [0.15, 0.2) is 0 Å². The third-order valence-electron chi connectivity index (χ3n) is 2.93. The highest BCUT2D eigenvalue weighted by molar-refractivity contribution is 5.78. The number of nitrogens with one attached hydrogen (secondary N) is 1. The summed E-state index contributed by atoms with van der Waals surface area (Å²) in [6.07, 6.45) is 1.99. The van der Waals surface area contributed by atoms with Gasteiger partial charge in [-0.15, -0.1) is 0 Å². The molecule has 1 unspecified atom stereocenters. The Balaban J connectivity index is 1.97. The van der Waals surface area contributed by atoms with Crippen LogP contribution >= 0.6 is 0 Å². The molecule has 16 heavy (non-hydrogen) atoms. The number of aromatic nitrogens is 1. The minimum atomic E-state index is 0.167. The van der Waals surface area contributed by atoms with Crippen molar-refractivity contribution in [1.82, 2.24) is 10.3 Å². The van der Waals surface area contributed by atoms with Crippen LogP contribution in [0.3, 0.4) is 0 Å². The van der Waals surface area contributed by atoms with Crippen molar-refractivity contribution in [1.29, 1.82) is 0 Å². The Bertz CT molecular complexity index is 492. The Morgan fingerprint density at radius 1 is 1.31 bits per heavy atom. The molecule has 2 heterocycles. The van der Waals surface area contributed by atoms with Gasteiger partial charge in [-0.05, 0) is 17.7 Å². The molecule has 1 fully saturated rings. The Morgan fingerprint density at radius 2 is 2.31 bits per heavy atom. The summed E-state index contributed by atoms with van der Waals surface area (Å²) in [7, 11) is 0. The number of benzene rings is 1. The van der Waals surface area contributed by atoms with Crippen molar-refractivity contribution in [3.8, 4) is 0 Å². The molecule has 3 nitrogen and oxygen atoms in total. The third-order valence-corrected chi connectivity index (χ3v) is 2.93. The lowest BCUT2D eigenvalue weighted by Gasteiger charge is -2.24. The number of hydrogen-bond donors (Lipinski definition) is 1. The van der Waals surface area contributed by atoms with Crippen molar-refractivity contribution in [2.45, 2.75) is 6.10 Å². The molecule has 1 saturated heterocycles. The maximum atomic E-state index is 5.72. The molecule has 1 aliphatic heterocycles. The monoisotopic (exact) mass is 214 g/mol. The second kappa shape index (κ2) is 4.20. The number of hydrogen-bond acceptors (Lipinski definition) is 3. The molecule has 0 saturated carbocycles. The van der Waals surface area contributed by atoms with E-state index in [1.807, 2.05) is 12.3 Å². The molecule has 2 aromatic rings. The first-order valence-electron chi connectivity index (χ1n) is 5.60. The van der Waals surface area contributed by atoms with Gasteiger partial charge in [-0.25, -0.2) is 0 Å². The summed E-state index contributed by atoms with van der Waals surface area (Å²) in [6, 6.07) is 10.4. The van der Waals surface area contributed by atoms with E-state index in [1.165, 1.54) is 10.9 Å². The number of fused-ring (bicyclic) bond motifs is 1. The van der Waals surface area contributed by atoms with E-state index >= 15 is 0 Å². The maximum Gasteiger partial charge on any atom is 0.0950 e. The summed E-state index contributed by atoms with van der Waals surface area (Å²) in [5, 5.41) is 4.51. The highest BCUT2D eigenvalue weighted by Crippen LogP contribution is 2.22. The SMILES string of the molecule is c1cnc2cc(C3CNCCO3)ccc2c1. The topological polar surface area (TPSA) is 34.2 Å². The normalized spacial score (nSPS) is 21.1. The van der Waals surface area contributed by atoms with E-state index in [0.717, 1.165) is 25.2 Å². The standard InChI is InChI=1S/C13H14N2O/c1-2-10-3-4-11(8-12(10)15-5-1)13-9-14-6-7-16-13/h1-5,8,13-14H,6-7,9H2. The number of morpholine rings is 1. The number of pyridine rings is 1. The van der Waals surface area contributed by atoms with E-state index in [-0.39, 0.29) is 6.10 Å². The summed E-state index contributed by atoms with van der Waals surface area (Å²) in [5.41, 5.74) is 2.24. The van der Waals surface area contributed by atoms with Gasteiger partial charge >= 0.3 is 0 Å². The van der Waals surface area contributed by atoms with Gasteiger partial charge < -0.3 is 10.1 Å². The highest BCUT2D eigenvalue weighted by atomic mass is 16.5. The van der Waals surface area contributed by atoms with Crippen LogP contribution in [0.1, 0.15) is 11.7 Å². The molecular formula is C13H14N2O. The van der Waals surface area contributed by atoms with Gasteiger partial charge in [-0.1, -0.05) is 18.2 Å². The van der Waals surface area contributed by atoms with E-state index in [1.54, 1.807) is 0 Å². The minimum absolute atomic E-state index is 0.167. The second-order valence-corrected chi connectivity index (χ2v) is 4.02. The van der Waals surface area contributed by atoms with Crippen molar-refractivity contribution < 1.29 is 4.74 Å². The molecule has 1 aliphatic rings. The third kappa shape index (κ3) is 1.79. The smallest absolute Gasteiger partial charge is 0.0950 e. The Hall–Kier alpha value is -1.45. The first-order valence-corrected chi connectivity index (χ1v) is 5.60. The molecule has 0 bridgehead atoms. The van der Waals surface area contributed by atoms with Gasteiger partial charge in [0.25, 0.3) is 0 Å². The Morgan fingerprint density at radius 3 is 3.19 bits per heavy atom. The van der Waals surface area contributed by atoms with E-state index < -0.39 is 0 Å². The fraction of sp³-hybridized carbons (Fsp3) is 0.308. The molecule has 1 aromatic carbocycles. The van der Waals surface area contributed by atoms with Crippen LogP contribution in [0, 0.1) is 0 Å². The van der Waals surface area contributed by atoms with Gasteiger partial charge in [-0.3, -0.25) is 4.98 Å². The lowest BCUT2D eigenvalue weighted by atomic mass is 10.1. The van der Waals surface area contributed by atoms with Gasteiger partial charge in [0.1, 0.15) is 0 Å². The molecule has 1 N–H and O–H groups in total. The van der Waals surface area contributed by atoms with Crippen LogP contribution in [0.5, 0.6) is 0 Å². The Labute approximate surface area is 94.5 Å². The first-order chi connectivity index (χ1) is 7.93. The molecule has 0 radical (unpaired) electrons. The summed E-state index contributed by atoms with van der Waals surface area (Å²) in [4.78, 5) is 4.36. The van der Waals surface area contributed by atoms with Gasteiger partial charge in [0, 0.05) is 24.7 Å². The van der Waals surface area contributed by atoms with Crippen LogP contribution in [-0.4, -0.2) is 24.7 Å². The predicted molar refractivity (Wildman–Crippen MR) is 63.3 cm³/mol. The van der Waals surface area contributed by atoms with Crippen LogP contribution in [0.25, 0.3) is 10.9 Å². The van der Waals surface area contributed by atoms with Crippen LogP contribution < -0.4 is 5.32 Å². The second-order valence-electron chi connectivity index (χ2n) is 4.02. The van der Waals surface area contributed by atoms with Crippen LogP contribution in [0.4, 0.5) is 0 Å². The van der Waals surface area contributed by atoms with Gasteiger partial charge in [0.2, 0.25) is 0 Å². The number of rotatable bonds is 1. The van der Waals surface area contributed by atoms with Crippen LogP contribution in [0.15, 0.2) is 36.5 Å². The largest absolute Gasteiger partial charge is 0.371 e. The zero-order chi connectivity index (χ0) is 10.8. The lowest BCUT2D eigenvalue weighted by Crippen LogP contribution is -2.33. The van der Waals surface area contributed by atoms with E-state index in [2.05, 4.69) is 34.6 Å². The molecule has 3 heteroatoms. The van der Waals surface area contributed by atoms with Gasteiger partial charge in [-0.2, -0.15) is 0 Å². The summed E-state index contributed by atoms with van der Waals surface area (Å²) in [6.45, 7) is 2.62.